The van der Waals surface area contributed by atoms with Crippen molar-refractivity contribution < 1.29 is 14.3 Å². The van der Waals surface area contributed by atoms with Gasteiger partial charge in [-0.15, -0.1) is 0 Å². The first kappa shape index (κ1) is 11.9. The SMILES string of the molecule is CC(C)(C(N)=O)C1CCC2(CC1)OCCO2. The van der Waals surface area contributed by atoms with Crippen molar-refractivity contribution in [3.63, 3.8) is 0 Å². The van der Waals surface area contributed by atoms with Crippen LogP contribution in [-0.4, -0.2) is 24.9 Å². The minimum absolute atomic E-state index is 0.207. The molecule has 92 valence electrons. The third-order valence-electron chi connectivity index (χ3n) is 4.22. The number of carbonyl (C=O) groups is 1. The first-order chi connectivity index (χ1) is 7.46. The van der Waals surface area contributed by atoms with E-state index in [4.69, 9.17) is 15.2 Å². The Bertz CT molecular complexity index is 272. The molecule has 2 aliphatic rings. The van der Waals surface area contributed by atoms with Gasteiger partial charge in [-0.05, 0) is 18.8 Å². The molecule has 1 saturated carbocycles. The number of ether oxygens (including phenoxy) is 2. The van der Waals surface area contributed by atoms with Gasteiger partial charge < -0.3 is 15.2 Å². The lowest BCUT2D eigenvalue weighted by atomic mass is 9.69. The Morgan fingerprint density at radius 1 is 1.25 bits per heavy atom. The minimum atomic E-state index is -0.416. The predicted octanol–water partition coefficient (Wildman–Crippen LogP) is 1.43. The summed E-state index contributed by atoms with van der Waals surface area (Å²) in [6, 6.07) is 0. The summed E-state index contributed by atoms with van der Waals surface area (Å²) in [6.45, 7) is 5.27. The van der Waals surface area contributed by atoms with Gasteiger partial charge in [-0.25, -0.2) is 0 Å². The molecular formula is C12H21NO3. The van der Waals surface area contributed by atoms with Crippen molar-refractivity contribution in [2.45, 2.75) is 45.3 Å². The predicted molar refractivity (Wildman–Crippen MR) is 59.6 cm³/mol. The second-order valence-corrected chi connectivity index (χ2v) is 5.47. The topological polar surface area (TPSA) is 61.6 Å². The number of nitrogens with two attached hydrogens (primary N) is 1. The summed E-state index contributed by atoms with van der Waals surface area (Å²) in [6.07, 6.45) is 3.68. The highest BCUT2D eigenvalue weighted by Crippen LogP contribution is 2.44. The first-order valence-corrected chi connectivity index (χ1v) is 6.04. The van der Waals surface area contributed by atoms with Crippen molar-refractivity contribution in [2.75, 3.05) is 13.2 Å². The molecule has 1 aliphatic carbocycles. The Hall–Kier alpha value is -0.610. The van der Waals surface area contributed by atoms with E-state index in [0.29, 0.717) is 19.1 Å². The molecule has 1 amide bonds. The number of carbonyl (C=O) groups excluding carboxylic acids is 1. The van der Waals surface area contributed by atoms with E-state index in [2.05, 4.69) is 0 Å². The van der Waals surface area contributed by atoms with Gasteiger partial charge in [0.15, 0.2) is 5.79 Å². The highest BCUT2D eigenvalue weighted by molar-refractivity contribution is 5.80. The van der Waals surface area contributed by atoms with Gasteiger partial charge in [0.25, 0.3) is 0 Å². The monoisotopic (exact) mass is 227 g/mol. The van der Waals surface area contributed by atoms with E-state index in [9.17, 15) is 4.79 Å². The second-order valence-electron chi connectivity index (χ2n) is 5.47. The van der Waals surface area contributed by atoms with Gasteiger partial charge in [-0.2, -0.15) is 0 Å². The Labute approximate surface area is 96.5 Å². The van der Waals surface area contributed by atoms with E-state index >= 15 is 0 Å². The second kappa shape index (κ2) is 4.00. The van der Waals surface area contributed by atoms with E-state index < -0.39 is 5.41 Å². The molecule has 4 heteroatoms. The maximum atomic E-state index is 11.4. The molecule has 0 unspecified atom stereocenters. The van der Waals surface area contributed by atoms with Crippen molar-refractivity contribution in [2.24, 2.45) is 17.1 Å². The number of amides is 1. The maximum Gasteiger partial charge on any atom is 0.223 e. The summed E-state index contributed by atoms with van der Waals surface area (Å²) in [5.41, 5.74) is 5.03. The van der Waals surface area contributed by atoms with Gasteiger partial charge in [-0.3, -0.25) is 4.79 Å². The number of hydrogen-bond acceptors (Lipinski definition) is 3. The maximum absolute atomic E-state index is 11.4. The average molecular weight is 227 g/mol. The largest absolute Gasteiger partial charge is 0.369 e. The molecule has 0 bridgehead atoms. The summed E-state index contributed by atoms with van der Waals surface area (Å²) < 4.78 is 11.3. The quantitative estimate of drug-likeness (QED) is 0.776. The third-order valence-corrected chi connectivity index (χ3v) is 4.22. The van der Waals surface area contributed by atoms with Crippen LogP contribution in [0.5, 0.6) is 0 Å². The molecule has 16 heavy (non-hydrogen) atoms. The van der Waals surface area contributed by atoms with E-state index in [1.165, 1.54) is 0 Å². The standard InChI is InChI=1S/C12H21NO3/c1-11(2,10(13)14)9-3-5-12(6-4-9)15-7-8-16-12/h9H,3-8H2,1-2H3,(H2,13,14). The number of primary amides is 1. The van der Waals surface area contributed by atoms with Crippen LogP contribution in [0.1, 0.15) is 39.5 Å². The summed E-state index contributed by atoms with van der Waals surface area (Å²) in [7, 11) is 0. The van der Waals surface area contributed by atoms with Crippen molar-refractivity contribution in [3.05, 3.63) is 0 Å². The van der Waals surface area contributed by atoms with Gasteiger partial charge >= 0.3 is 0 Å². The van der Waals surface area contributed by atoms with Crippen LogP contribution in [0.15, 0.2) is 0 Å². The van der Waals surface area contributed by atoms with Crippen LogP contribution >= 0.6 is 0 Å². The van der Waals surface area contributed by atoms with E-state index in [1.807, 2.05) is 13.8 Å². The van der Waals surface area contributed by atoms with Crippen molar-refractivity contribution in [1.29, 1.82) is 0 Å². The molecule has 2 rings (SSSR count). The van der Waals surface area contributed by atoms with Gasteiger partial charge in [-0.1, -0.05) is 13.8 Å². The Morgan fingerprint density at radius 2 is 1.75 bits per heavy atom. The zero-order valence-corrected chi connectivity index (χ0v) is 10.1. The average Bonchev–Trinajstić information content (AvgIpc) is 2.67. The van der Waals surface area contributed by atoms with E-state index in [0.717, 1.165) is 25.7 Å². The fourth-order valence-electron chi connectivity index (χ4n) is 2.77. The highest BCUT2D eigenvalue weighted by Gasteiger charge is 2.45. The van der Waals surface area contributed by atoms with Crippen LogP contribution in [0.2, 0.25) is 0 Å². The van der Waals surface area contributed by atoms with Crippen LogP contribution in [0.25, 0.3) is 0 Å². The lowest BCUT2D eigenvalue weighted by molar-refractivity contribution is -0.188. The Balaban J connectivity index is 1.97. The molecule has 0 radical (unpaired) electrons. The van der Waals surface area contributed by atoms with Gasteiger partial charge in [0, 0.05) is 18.3 Å². The number of hydrogen-bond donors (Lipinski definition) is 1. The van der Waals surface area contributed by atoms with Crippen LogP contribution in [0.4, 0.5) is 0 Å². The lowest BCUT2D eigenvalue weighted by Gasteiger charge is -2.40. The summed E-state index contributed by atoms with van der Waals surface area (Å²) in [5, 5.41) is 0. The van der Waals surface area contributed by atoms with Crippen LogP contribution in [-0.2, 0) is 14.3 Å². The third kappa shape index (κ3) is 1.96. The molecule has 0 aromatic carbocycles. The van der Waals surface area contributed by atoms with Crippen LogP contribution < -0.4 is 5.73 Å². The van der Waals surface area contributed by atoms with Crippen molar-refractivity contribution in [3.8, 4) is 0 Å². The molecule has 1 aliphatic heterocycles. The van der Waals surface area contributed by atoms with Crippen molar-refractivity contribution >= 4 is 5.91 Å². The molecule has 2 N–H and O–H groups in total. The lowest BCUT2D eigenvalue weighted by Crippen LogP contribution is -2.44. The van der Waals surface area contributed by atoms with Crippen molar-refractivity contribution in [1.82, 2.24) is 0 Å². The zero-order valence-electron chi connectivity index (χ0n) is 10.1. The fraction of sp³-hybridized carbons (Fsp3) is 0.917. The fourth-order valence-corrected chi connectivity index (χ4v) is 2.77. The van der Waals surface area contributed by atoms with Gasteiger partial charge in [0.05, 0.1) is 13.2 Å². The smallest absolute Gasteiger partial charge is 0.223 e. The molecule has 0 atom stereocenters. The van der Waals surface area contributed by atoms with Gasteiger partial charge in [0.2, 0.25) is 5.91 Å². The molecule has 4 nitrogen and oxygen atoms in total. The zero-order chi connectivity index (χ0) is 11.8. The number of rotatable bonds is 2. The van der Waals surface area contributed by atoms with E-state index in [-0.39, 0.29) is 11.7 Å². The van der Waals surface area contributed by atoms with E-state index in [1.54, 1.807) is 0 Å². The Kier molecular flexibility index (Phi) is 2.97. The molecule has 1 spiro atoms. The van der Waals surface area contributed by atoms with Gasteiger partial charge in [0.1, 0.15) is 0 Å². The Morgan fingerprint density at radius 3 is 2.19 bits per heavy atom. The molecule has 0 aromatic rings. The summed E-state index contributed by atoms with van der Waals surface area (Å²) >= 11 is 0. The first-order valence-electron chi connectivity index (χ1n) is 6.04. The molecule has 0 aromatic heterocycles. The molecular weight excluding hydrogens is 206 g/mol. The molecule has 2 fully saturated rings. The van der Waals surface area contributed by atoms with Crippen LogP contribution in [0.3, 0.4) is 0 Å². The van der Waals surface area contributed by atoms with Crippen LogP contribution in [0, 0.1) is 11.3 Å². The molecule has 1 saturated heterocycles. The minimum Gasteiger partial charge on any atom is -0.369 e. The highest BCUT2D eigenvalue weighted by atomic mass is 16.7. The molecule has 1 heterocycles. The normalized spacial score (nSPS) is 26.1. The summed E-state index contributed by atoms with van der Waals surface area (Å²) in [5.74, 6) is -0.199. The summed E-state index contributed by atoms with van der Waals surface area (Å²) in [4.78, 5) is 11.4.